The smallest absolute Gasteiger partial charge is 0.324 e. The van der Waals surface area contributed by atoms with E-state index in [2.05, 4.69) is 0 Å². The van der Waals surface area contributed by atoms with Crippen molar-refractivity contribution in [2.75, 3.05) is 13.2 Å². The SMILES string of the molecule is CCOC(=O)C(C(=O)OCC)(C1CCCCC1)C1CCCCC1. The summed E-state index contributed by atoms with van der Waals surface area (Å²) in [5.41, 5.74) is -1.06. The van der Waals surface area contributed by atoms with Crippen molar-refractivity contribution in [1.29, 1.82) is 0 Å². The molecule has 0 aromatic heterocycles. The van der Waals surface area contributed by atoms with Crippen LogP contribution in [0.5, 0.6) is 0 Å². The Kier molecular flexibility index (Phi) is 6.91. The van der Waals surface area contributed by atoms with E-state index in [0.29, 0.717) is 13.2 Å². The fraction of sp³-hybridized carbons (Fsp3) is 0.895. The van der Waals surface area contributed by atoms with Gasteiger partial charge in [-0.05, 0) is 51.4 Å². The van der Waals surface area contributed by atoms with E-state index in [1.165, 1.54) is 12.8 Å². The van der Waals surface area contributed by atoms with Crippen LogP contribution in [0.2, 0.25) is 0 Å². The van der Waals surface area contributed by atoms with Crippen molar-refractivity contribution >= 4 is 11.9 Å². The number of rotatable bonds is 6. The number of carbonyl (C=O) groups is 2. The van der Waals surface area contributed by atoms with E-state index in [1.807, 2.05) is 13.8 Å². The average molecular weight is 324 g/mol. The molecule has 4 nitrogen and oxygen atoms in total. The highest BCUT2D eigenvalue weighted by Gasteiger charge is 2.59. The molecule has 2 fully saturated rings. The van der Waals surface area contributed by atoms with E-state index in [1.54, 1.807) is 0 Å². The zero-order valence-corrected chi connectivity index (χ0v) is 14.8. The van der Waals surface area contributed by atoms with E-state index in [4.69, 9.17) is 9.47 Å². The first-order valence-corrected chi connectivity index (χ1v) is 9.52. The molecule has 0 aliphatic heterocycles. The highest BCUT2D eigenvalue weighted by atomic mass is 16.6. The molecule has 2 saturated carbocycles. The molecule has 0 aromatic carbocycles. The number of hydrogen-bond acceptors (Lipinski definition) is 4. The Morgan fingerprint density at radius 3 is 1.39 bits per heavy atom. The van der Waals surface area contributed by atoms with Crippen LogP contribution >= 0.6 is 0 Å². The zero-order valence-electron chi connectivity index (χ0n) is 14.8. The van der Waals surface area contributed by atoms with Gasteiger partial charge in [0.1, 0.15) is 0 Å². The van der Waals surface area contributed by atoms with E-state index < -0.39 is 5.41 Å². The zero-order chi connectivity index (χ0) is 16.7. The maximum absolute atomic E-state index is 13.1. The maximum Gasteiger partial charge on any atom is 0.324 e. The molecule has 0 unspecified atom stereocenters. The molecule has 0 bridgehead atoms. The van der Waals surface area contributed by atoms with Crippen molar-refractivity contribution in [3.63, 3.8) is 0 Å². The second kappa shape index (κ2) is 8.70. The van der Waals surface area contributed by atoms with Gasteiger partial charge in [0.15, 0.2) is 5.41 Å². The van der Waals surface area contributed by atoms with Crippen LogP contribution in [-0.2, 0) is 19.1 Å². The van der Waals surface area contributed by atoms with Crippen molar-refractivity contribution in [3.8, 4) is 0 Å². The molecule has 132 valence electrons. The van der Waals surface area contributed by atoms with E-state index in [-0.39, 0.29) is 23.8 Å². The van der Waals surface area contributed by atoms with Crippen molar-refractivity contribution in [2.45, 2.75) is 78.1 Å². The Hall–Kier alpha value is -1.06. The molecule has 4 heteroatoms. The predicted molar refractivity (Wildman–Crippen MR) is 88.8 cm³/mol. The van der Waals surface area contributed by atoms with Crippen LogP contribution in [0.1, 0.15) is 78.1 Å². The molecule has 0 N–H and O–H groups in total. The first-order chi connectivity index (χ1) is 11.2. The summed E-state index contributed by atoms with van der Waals surface area (Å²) in [6.45, 7) is 4.27. The minimum atomic E-state index is -1.06. The van der Waals surface area contributed by atoms with Crippen LogP contribution < -0.4 is 0 Å². The highest BCUT2D eigenvalue weighted by Crippen LogP contribution is 2.50. The van der Waals surface area contributed by atoms with Gasteiger partial charge in [-0.2, -0.15) is 0 Å². The Balaban J connectivity index is 2.41. The molecule has 0 heterocycles. The maximum atomic E-state index is 13.1. The highest BCUT2D eigenvalue weighted by molar-refractivity contribution is 6.01. The monoisotopic (exact) mass is 324 g/mol. The minimum absolute atomic E-state index is 0.0810. The Morgan fingerprint density at radius 1 is 0.739 bits per heavy atom. The fourth-order valence-electron chi connectivity index (χ4n) is 4.70. The van der Waals surface area contributed by atoms with E-state index >= 15 is 0 Å². The van der Waals surface area contributed by atoms with E-state index in [9.17, 15) is 9.59 Å². The van der Waals surface area contributed by atoms with Crippen LogP contribution in [0.15, 0.2) is 0 Å². The van der Waals surface area contributed by atoms with Crippen LogP contribution in [-0.4, -0.2) is 25.2 Å². The van der Waals surface area contributed by atoms with Crippen LogP contribution in [0.4, 0.5) is 0 Å². The molecule has 0 aromatic rings. The molecule has 2 aliphatic rings. The lowest BCUT2D eigenvalue weighted by Gasteiger charge is -2.44. The third kappa shape index (κ3) is 3.72. The second-order valence-electron chi connectivity index (χ2n) is 6.98. The third-order valence-electron chi connectivity index (χ3n) is 5.72. The summed E-state index contributed by atoms with van der Waals surface area (Å²) in [4.78, 5) is 26.1. The fourth-order valence-corrected chi connectivity index (χ4v) is 4.70. The normalized spacial score (nSPS) is 21.0. The molecule has 0 spiro atoms. The van der Waals surface area contributed by atoms with Crippen LogP contribution in [0.3, 0.4) is 0 Å². The quantitative estimate of drug-likeness (QED) is 0.541. The summed E-state index contributed by atoms with van der Waals surface area (Å²) in [6, 6.07) is 0. The third-order valence-corrected chi connectivity index (χ3v) is 5.72. The summed E-state index contributed by atoms with van der Waals surface area (Å²) in [7, 11) is 0. The van der Waals surface area contributed by atoms with Gasteiger partial charge in [0.2, 0.25) is 0 Å². The topological polar surface area (TPSA) is 52.6 Å². The lowest BCUT2D eigenvalue weighted by Crippen LogP contribution is -2.54. The van der Waals surface area contributed by atoms with Gasteiger partial charge in [0.05, 0.1) is 13.2 Å². The number of esters is 2. The molecule has 2 rings (SSSR count). The lowest BCUT2D eigenvalue weighted by atomic mass is 9.58. The molecular weight excluding hydrogens is 292 g/mol. The van der Waals surface area contributed by atoms with Gasteiger partial charge in [0, 0.05) is 0 Å². The van der Waals surface area contributed by atoms with Crippen LogP contribution in [0.25, 0.3) is 0 Å². The predicted octanol–water partition coefficient (Wildman–Crippen LogP) is 4.26. The Bertz CT molecular complexity index is 354. The molecule has 0 amide bonds. The average Bonchev–Trinajstić information content (AvgIpc) is 2.58. The Labute approximate surface area is 140 Å². The molecule has 23 heavy (non-hydrogen) atoms. The summed E-state index contributed by atoms with van der Waals surface area (Å²) < 4.78 is 10.9. The van der Waals surface area contributed by atoms with Gasteiger partial charge in [-0.25, -0.2) is 0 Å². The molecule has 0 saturated heterocycles. The Morgan fingerprint density at radius 2 is 1.09 bits per heavy atom. The van der Waals surface area contributed by atoms with Crippen molar-refractivity contribution in [2.24, 2.45) is 17.3 Å². The number of ether oxygens (including phenoxy) is 2. The first-order valence-electron chi connectivity index (χ1n) is 9.52. The van der Waals surface area contributed by atoms with E-state index in [0.717, 1.165) is 51.4 Å². The lowest BCUT2D eigenvalue weighted by molar-refractivity contribution is -0.185. The standard InChI is InChI=1S/C19H32O4/c1-3-22-17(20)19(18(21)23-4-2,15-11-7-5-8-12-15)16-13-9-6-10-14-16/h15-16H,3-14H2,1-2H3. The molecular formula is C19H32O4. The second-order valence-corrected chi connectivity index (χ2v) is 6.98. The summed E-state index contributed by atoms with van der Waals surface area (Å²) in [6.07, 6.45) is 10.5. The van der Waals surface area contributed by atoms with Gasteiger partial charge < -0.3 is 9.47 Å². The van der Waals surface area contributed by atoms with Crippen molar-refractivity contribution in [3.05, 3.63) is 0 Å². The molecule has 0 atom stereocenters. The summed E-state index contributed by atoms with van der Waals surface area (Å²) >= 11 is 0. The largest absolute Gasteiger partial charge is 0.465 e. The van der Waals surface area contributed by atoms with Gasteiger partial charge in [-0.3, -0.25) is 9.59 Å². The first kappa shape index (κ1) is 18.3. The molecule has 0 radical (unpaired) electrons. The van der Waals surface area contributed by atoms with Crippen molar-refractivity contribution in [1.82, 2.24) is 0 Å². The molecule has 2 aliphatic carbocycles. The number of carbonyl (C=O) groups excluding carboxylic acids is 2. The van der Waals surface area contributed by atoms with Gasteiger partial charge in [0.25, 0.3) is 0 Å². The summed E-state index contributed by atoms with van der Waals surface area (Å²) in [5, 5.41) is 0. The van der Waals surface area contributed by atoms with Gasteiger partial charge >= 0.3 is 11.9 Å². The van der Waals surface area contributed by atoms with Gasteiger partial charge in [-0.15, -0.1) is 0 Å². The summed E-state index contributed by atoms with van der Waals surface area (Å²) in [5.74, 6) is -0.482. The van der Waals surface area contributed by atoms with Crippen LogP contribution in [0, 0.1) is 17.3 Å². The van der Waals surface area contributed by atoms with Crippen molar-refractivity contribution < 1.29 is 19.1 Å². The van der Waals surface area contributed by atoms with Gasteiger partial charge in [-0.1, -0.05) is 38.5 Å². The number of hydrogen-bond donors (Lipinski definition) is 0. The minimum Gasteiger partial charge on any atom is -0.465 e.